The van der Waals surface area contributed by atoms with Crippen LogP contribution in [-0.4, -0.2) is 10.5 Å². The van der Waals surface area contributed by atoms with Crippen molar-refractivity contribution in [2.75, 3.05) is 5.73 Å². The molecule has 1 aliphatic rings. The summed E-state index contributed by atoms with van der Waals surface area (Å²) in [6, 6.07) is 6.35. The number of nitrogens with two attached hydrogens (primary N) is 1. The standard InChI is InChI=1S/C14H15FN2OS/c15-12-6-5-9(16)7-11(12)13-8-14(17-19-13)18-10-3-1-2-4-10/h5-8,10H,1-4,16H2. The summed E-state index contributed by atoms with van der Waals surface area (Å²) < 4.78 is 23.8. The summed E-state index contributed by atoms with van der Waals surface area (Å²) in [7, 11) is 0. The Kier molecular flexibility index (Phi) is 3.38. The van der Waals surface area contributed by atoms with Gasteiger partial charge >= 0.3 is 0 Å². The third-order valence-corrected chi connectivity index (χ3v) is 4.14. The maximum Gasteiger partial charge on any atom is 0.226 e. The Balaban J connectivity index is 1.82. The number of ether oxygens (including phenoxy) is 1. The van der Waals surface area contributed by atoms with Crippen LogP contribution in [-0.2, 0) is 0 Å². The molecule has 1 aromatic heterocycles. The largest absolute Gasteiger partial charge is 0.474 e. The molecule has 0 radical (unpaired) electrons. The number of hydrogen-bond donors (Lipinski definition) is 1. The van der Waals surface area contributed by atoms with Crippen LogP contribution in [0.2, 0.25) is 0 Å². The van der Waals surface area contributed by atoms with Gasteiger partial charge in [0.25, 0.3) is 0 Å². The quantitative estimate of drug-likeness (QED) is 0.867. The van der Waals surface area contributed by atoms with Gasteiger partial charge in [0.1, 0.15) is 11.9 Å². The zero-order chi connectivity index (χ0) is 13.2. The maximum atomic E-state index is 13.8. The number of benzene rings is 1. The van der Waals surface area contributed by atoms with Crippen LogP contribution < -0.4 is 10.5 Å². The Morgan fingerprint density at radius 3 is 2.84 bits per heavy atom. The molecule has 0 amide bonds. The zero-order valence-electron chi connectivity index (χ0n) is 10.4. The second kappa shape index (κ2) is 5.17. The van der Waals surface area contributed by atoms with Gasteiger partial charge in [0.05, 0.1) is 4.88 Å². The van der Waals surface area contributed by atoms with Crippen LogP contribution >= 0.6 is 11.5 Å². The maximum absolute atomic E-state index is 13.8. The third kappa shape index (κ3) is 2.71. The first-order valence-electron chi connectivity index (χ1n) is 6.41. The normalized spacial score (nSPS) is 15.8. The van der Waals surface area contributed by atoms with Crippen molar-refractivity contribution in [2.24, 2.45) is 0 Å². The predicted molar refractivity (Wildman–Crippen MR) is 74.8 cm³/mol. The molecule has 0 aliphatic heterocycles. The van der Waals surface area contributed by atoms with Crippen LogP contribution in [0.1, 0.15) is 25.7 Å². The van der Waals surface area contributed by atoms with Crippen LogP contribution in [0, 0.1) is 5.82 Å². The summed E-state index contributed by atoms with van der Waals surface area (Å²) in [5, 5.41) is 0. The van der Waals surface area contributed by atoms with Crippen molar-refractivity contribution in [1.82, 2.24) is 4.37 Å². The van der Waals surface area contributed by atoms with E-state index in [2.05, 4.69) is 4.37 Å². The predicted octanol–water partition coefficient (Wildman–Crippen LogP) is 3.85. The van der Waals surface area contributed by atoms with Crippen molar-refractivity contribution in [3.8, 4) is 16.3 Å². The van der Waals surface area contributed by atoms with E-state index in [4.69, 9.17) is 10.5 Å². The molecule has 100 valence electrons. The lowest BCUT2D eigenvalue weighted by atomic mass is 10.1. The molecule has 0 bridgehead atoms. The van der Waals surface area contributed by atoms with Gasteiger partial charge in [-0.2, -0.15) is 4.37 Å². The SMILES string of the molecule is Nc1ccc(F)c(-c2cc(OC3CCCC3)ns2)c1. The lowest BCUT2D eigenvalue weighted by molar-refractivity contribution is 0.203. The molecule has 3 rings (SSSR count). The fraction of sp³-hybridized carbons (Fsp3) is 0.357. The lowest BCUT2D eigenvalue weighted by Crippen LogP contribution is -2.10. The molecule has 1 fully saturated rings. The molecule has 0 saturated heterocycles. The van der Waals surface area contributed by atoms with Crippen LogP contribution in [0.5, 0.6) is 5.88 Å². The highest BCUT2D eigenvalue weighted by atomic mass is 32.1. The van der Waals surface area contributed by atoms with Gasteiger partial charge in [-0.05, 0) is 55.4 Å². The average molecular weight is 278 g/mol. The molecule has 1 saturated carbocycles. The van der Waals surface area contributed by atoms with E-state index in [0.717, 1.165) is 17.7 Å². The first-order chi connectivity index (χ1) is 9.22. The fourth-order valence-electron chi connectivity index (χ4n) is 2.35. The highest BCUT2D eigenvalue weighted by Crippen LogP contribution is 2.33. The topological polar surface area (TPSA) is 48.1 Å². The second-order valence-corrected chi connectivity index (χ2v) is 5.60. The van der Waals surface area contributed by atoms with Crippen LogP contribution in [0.15, 0.2) is 24.3 Å². The second-order valence-electron chi connectivity index (χ2n) is 4.79. The number of rotatable bonds is 3. The smallest absolute Gasteiger partial charge is 0.226 e. The molecule has 3 nitrogen and oxygen atoms in total. The van der Waals surface area contributed by atoms with Gasteiger partial charge in [-0.3, -0.25) is 0 Å². The van der Waals surface area contributed by atoms with Gasteiger partial charge in [-0.15, -0.1) is 0 Å². The monoisotopic (exact) mass is 278 g/mol. The molecule has 2 aromatic rings. The van der Waals surface area contributed by atoms with Crippen molar-refractivity contribution in [3.63, 3.8) is 0 Å². The molecular formula is C14H15FN2OS. The van der Waals surface area contributed by atoms with Gasteiger partial charge < -0.3 is 10.5 Å². The Labute approximate surface area is 115 Å². The van der Waals surface area contributed by atoms with Gasteiger partial charge in [0, 0.05) is 17.3 Å². The summed E-state index contributed by atoms with van der Waals surface area (Å²) >= 11 is 1.24. The lowest BCUT2D eigenvalue weighted by Gasteiger charge is -2.09. The van der Waals surface area contributed by atoms with E-state index in [0.29, 0.717) is 17.1 Å². The number of anilines is 1. The minimum atomic E-state index is -0.287. The first kappa shape index (κ1) is 12.4. The van der Waals surface area contributed by atoms with E-state index in [9.17, 15) is 4.39 Å². The van der Waals surface area contributed by atoms with Crippen molar-refractivity contribution in [3.05, 3.63) is 30.1 Å². The minimum Gasteiger partial charge on any atom is -0.474 e. The number of nitrogens with zero attached hydrogens (tertiary/aromatic N) is 1. The van der Waals surface area contributed by atoms with Gasteiger partial charge in [-0.25, -0.2) is 4.39 Å². The third-order valence-electron chi connectivity index (χ3n) is 3.33. The van der Waals surface area contributed by atoms with Gasteiger partial charge in [-0.1, -0.05) is 0 Å². The van der Waals surface area contributed by atoms with Gasteiger partial charge in [0.2, 0.25) is 5.88 Å². The van der Waals surface area contributed by atoms with Crippen molar-refractivity contribution in [1.29, 1.82) is 0 Å². The summed E-state index contributed by atoms with van der Waals surface area (Å²) in [4.78, 5) is 0.748. The summed E-state index contributed by atoms with van der Waals surface area (Å²) in [5.41, 5.74) is 6.72. The molecule has 0 spiro atoms. The molecule has 1 aromatic carbocycles. The minimum absolute atomic E-state index is 0.264. The number of aromatic nitrogens is 1. The molecule has 0 unspecified atom stereocenters. The highest BCUT2D eigenvalue weighted by Gasteiger charge is 2.18. The number of hydrogen-bond acceptors (Lipinski definition) is 4. The van der Waals surface area contributed by atoms with E-state index in [1.807, 2.05) is 0 Å². The molecule has 1 heterocycles. The molecule has 0 atom stereocenters. The molecule has 19 heavy (non-hydrogen) atoms. The van der Waals surface area contributed by atoms with Crippen LogP contribution in [0.25, 0.3) is 10.4 Å². The van der Waals surface area contributed by atoms with E-state index in [-0.39, 0.29) is 11.9 Å². The zero-order valence-corrected chi connectivity index (χ0v) is 11.3. The van der Waals surface area contributed by atoms with Crippen molar-refractivity contribution >= 4 is 17.2 Å². The number of halogens is 1. The summed E-state index contributed by atoms with van der Waals surface area (Å²) in [6.07, 6.45) is 4.86. The Hall–Kier alpha value is -1.62. The average Bonchev–Trinajstić information content (AvgIpc) is 3.04. The van der Waals surface area contributed by atoms with Crippen molar-refractivity contribution in [2.45, 2.75) is 31.8 Å². The Morgan fingerprint density at radius 2 is 2.05 bits per heavy atom. The first-order valence-corrected chi connectivity index (χ1v) is 7.18. The van der Waals surface area contributed by atoms with E-state index in [1.165, 1.54) is 30.4 Å². The van der Waals surface area contributed by atoms with E-state index in [1.54, 1.807) is 18.2 Å². The van der Waals surface area contributed by atoms with Crippen molar-refractivity contribution < 1.29 is 9.13 Å². The summed E-state index contributed by atoms with van der Waals surface area (Å²) in [5.74, 6) is 0.305. The van der Waals surface area contributed by atoms with E-state index >= 15 is 0 Å². The number of nitrogen functional groups attached to an aromatic ring is 1. The molecule has 5 heteroatoms. The molecular weight excluding hydrogens is 263 g/mol. The molecule has 2 N–H and O–H groups in total. The van der Waals surface area contributed by atoms with Gasteiger partial charge in [0.15, 0.2) is 0 Å². The van der Waals surface area contributed by atoms with E-state index < -0.39 is 0 Å². The van der Waals surface area contributed by atoms with Crippen LogP contribution in [0.4, 0.5) is 10.1 Å². The summed E-state index contributed by atoms with van der Waals surface area (Å²) in [6.45, 7) is 0. The highest BCUT2D eigenvalue weighted by molar-refractivity contribution is 7.09. The Morgan fingerprint density at radius 1 is 1.26 bits per heavy atom. The fourth-order valence-corrected chi connectivity index (χ4v) is 3.04. The Bertz CT molecular complexity index is 579. The molecule has 1 aliphatic carbocycles. The van der Waals surface area contributed by atoms with Crippen LogP contribution in [0.3, 0.4) is 0 Å².